The molecule has 0 aromatic heterocycles. The molecule has 0 atom stereocenters. The van der Waals surface area contributed by atoms with E-state index < -0.39 is 0 Å². The van der Waals surface area contributed by atoms with Gasteiger partial charge in [-0.3, -0.25) is 0 Å². The van der Waals surface area contributed by atoms with Crippen LogP contribution in [0.15, 0.2) is 0 Å². The number of hydrogen-bond acceptors (Lipinski definition) is 2. The van der Waals surface area contributed by atoms with E-state index in [1.807, 2.05) is 7.05 Å². The maximum absolute atomic E-state index is 4.10. The molecule has 3 heteroatoms. The van der Waals surface area contributed by atoms with Crippen molar-refractivity contribution in [2.75, 3.05) is 39.8 Å². The zero-order chi connectivity index (χ0) is 13.6. The van der Waals surface area contributed by atoms with E-state index >= 15 is 0 Å². The molecular formula is C16H34N3. The Bertz CT molecular complexity index is 177. The highest BCUT2D eigenvalue weighted by molar-refractivity contribution is 4.66. The van der Waals surface area contributed by atoms with Crippen molar-refractivity contribution in [2.45, 2.75) is 57.8 Å². The average Bonchev–Trinajstić information content (AvgIpc) is 2.39. The quantitative estimate of drug-likeness (QED) is 0.598. The summed E-state index contributed by atoms with van der Waals surface area (Å²) in [5.41, 5.74) is 0. The van der Waals surface area contributed by atoms with Gasteiger partial charge in [0, 0.05) is 13.6 Å². The van der Waals surface area contributed by atoms with E-state index in [9.17, 15) is 0 Å². The van der Waals surface area contributed by atoms with Gasteiger partial charge in [-0.15, -0.1) is 0 Å². The second-order valence-electron chi connectivity index (χ2n) is 5.91. The lowest BCUT2D eigenvalue weighted by molar-refractivity contribution is 0.360. The lowest BCUT2D eigenvalue weighted by Crippen LogP contribution is -2.27. The smallest absolute Gasteiger partial charge is 0.0142 e. The monoisotopic (exact) mass is 268 g/mol. The first-order valence-corrected chi connectivity index (χ1v) is 8.40. The highest BCUT2D eigenvalue weighted by Gasteiger charge is 2.10. The summed E-state index contributed by atoms with van der Waals surface area (Å²) < 4.78 is 0. The van der Waals surface area contributed by atoms with E-state index in [2.05, 4.69) is 16.0 Å². The molecule has 1 aliphatic rings. The molecule has 113 valence electrons. The Balaban J connectivity index is 1.84. The van der Waals surface area contributed by atoms with E-state index in [1.165, 1.54) is 70.9 Å². The van der Waals surface area contributed by atoms with Crippen LogP contribution in [0.25, 0.3) is 0 Å². The Morgan fingerprint density at radius 3 is 2.21 bits per heavy atom. The zero-order valence-corrected chi connectivity index (χ0v) is 12.9. The fraction of sp³-hybridized carbons (Fsp3) is 1.00. The van der Waals surface area contributed by atoms with Gasteiger partial charge in [0.15, 0.2) is 0 Å². The third kappa shape index (κ3) is 10.3. The maximum atomic E-state index is 4.10. The first-order valence-electron chi connectivity index (χ1n) is 8.40. The topological polar surface area (TPSA) is 38.2 Å². The molecule has 0 aromatic carbocycles. The van der Waals surface area contributed by atoms with E-state index in [0.717, 1.165) is 25.6 Å². The SMILES string of the molecule is C[N]CCCNCCCNCC1CCCCCCC1. The summed E-state index contributed by atoms with van der Waals surface area (Å²) in [6.45, 7) is 5.66. The third-order valence-electron chi connectivity index (χ3n) is 4.10. The van der Waals surface area contributed by atoms with Crippen LogP contribution in [0, 0.1) is 5.92 Å². The molecule has 0 saturated heterocycles. The second kappa shape index (κ2) is 12.9. The van der Waals surface area contributed by atoms with Gasteiger partial charge in [-0.25, -0.2) is 5.32 Å². The van der Waals surface area contributed by atoms with Crippen molar-refractivity contribution in [1.29, 1.82) is 0 Å². The Labute approximate surface area is 120 Å². The zero-order valence-electron chi connectivity index (χ0n) is 12.9. The maximum Gasteiger partial charge on any atom is 0.0142 e. The minimum Gasteiger partial charge on any atom is -0.317 e. The van der Waals surface area contributed by atoms with Crippen molar-refractivity contribution < 1.29 is 0 Å². The summed E-state index contributed by atoms with van der Waals surface area (Å²) in [5, 5.41) is 11.2. The fourth-order valence-corrected chi connectivity index (χ4v) is 2.88. The molecule has 0 bridgehead atoms. The summed E-state index contributed by atoms with van der Waals surface area (Å²) in [6.07, 6.45) is 12.6. The standard InChI is InChI=1S/C16H34N3/c1-17-11-7-12-18-13-8-14-19-15-16-9-5-3-2-4-6-10-16/h16,18-19H,2-15H2,1H3. The largest absolute Gasteiger partial charge is 0.317 e. The van der Waals surface area contributed by atoms with Gasteiger partial charge in [0.2, 0.25) is 0 Å². The molecule has 0 aromatic rings. The van der Waals surface area contributed by atoms with Crippen LogP contribution in [-0.4, -0.2) is 39.8 Å². The number of rotatable bonds is 10. The summed E-state index contributed by atoms with van der Waals surface area (Å²) >= 11 is 0. The summed E-state index contributed by atoms with van der Waals surface area (Å²) in [7, 11) is 1.89. The lowest BCUT2D eigenvalue weighted by atomic mass is 9.91. The van der Waals surface area contributed by atoms with E-state index in [0.29, 0.717) is 0 Å². The Kier molecular flexibility index (Phi) is 11.5. The van der Waals surface area contributed by atoms with Gasteiger partial charge in [-0.2, -0.15) is 0 Å². The molecule has 0 aliphatic heterocycles. The molecule has 3 nitrogen and oxygen atoms in total. The molecule has 1 aliphatic carbocycles. The number of nitrogens with zero attached hydrogens (tertiary/aromatic N) is 1. The molecule has 2 N–H and O–H groups in total. The Hall–Kier alpha value is -0.120. The molecule has 0 heterocycles. The van der Waals surface area contributed by atoms with Gasteiger partial charge in [-0.05, 0) is 57.8 Å². The van der Waals surface area contributed by atoms with E-state index in [1.54, 1.807) is 0 Å². The molecule has 0 spiro atoms. The van der Waals surface area contributed by atoms with Crippen LogP contribution in [0.1, 0.15) is 57.8 Å². The number of nitrogens with one attached hydrogen (secondary N) is 2. The predicted octanol–water partition coefficient (Wildman–Crippen LogP) is 2.54. The van der Waals surface area contributed by atoms with Crippen molar-refractivity contribution in [1.82, 2.24) is 16.0 Å². The molecular weight excluding hydrogens is 234 g/mol. The number of hydrogen-bond donors (Lipinski definition) is 2. The van der Waals surface area contributed by atoms with Gasteiger partial charge >= 0.3 is 0 Å². The highest BCUT2D eigenvalue weighted by atomic mass is 14.9. The summed E-state index contributed by atoms with van der Waals surface area (Å²) in [6, 6.07) is 0. The normalized spacial score (nSPS) is 18.2. The third-order valence-corrected chi connectivity index (χ3v) is 4.10. The van der Waals surface area contributed by atoms with Crippen LogP contribution >= 0.6 is 0 Å². The van der Waals surface area contributed by atoms with Crippen LogP contribution in [-0.2, 0) is 0 Å². The Morgan fingerprint density at radius 2 is 1.47 bits per heavy atom. The molecule has 1 fully saturated rings. The molecule has 1 rings (SSSR count). The van der Waals surface area contributed by atoms with Crippen LogP contribution < -0.4 is 16.0 Å². The van der Waals surface area contributed by atoms with Crippen LogP contribution in [0.4, 0.5) is 0 Å². The van der Waals surface area contributed by atoms with Crippen molar-refractivity contribution >= 4 is 0 Å². The van der Waals surface area contributed by atoms with Crippen molar-refractivity contribution in [3.8, 4) is 0 Å². The lowest BCUT2D eigenvalue weighted by Gasteiger charge is -2.20. The fourth-order valence-electron chi connectivity index (χ4n) is 2.88. The summed E-state index contributed by atoms with van der Waals surface area (Å²) in [5.74, 6) is 0.944. The van der Waals surface area contributed by atoms with Gasteiger partial charge in [0.05, 0.1) is 0 Å². The minimum atomic E-state index is 0.944. The second-order valence-corrected chi connectivity index (χ2v) is 5.91. The van der Waals surface area contributed by atoms with Gasteiger partial charge in [0.25, 0.3) is 0 Å². The van der Waals surface area contributed by atoms with E-state index in [-0.39, 0.29) is 0 Å². The predicted molar refractivity (Wildman–Crippen MR) is 83.7 cm³/mol. The van der Waals surface area contributed by atoms with Crippen molar-refractivity contribution in [3.05, 3.63) is 0 Å². The minimum absolute atomic E-state index is 0.944. The van der Waals surface area contributed by atoms with Gasteiger partial charge < -0.3 is 10.6 Å². The van der Waals surface area contributed by atoms with E-state index in [4.69, 9.17) is 0 Å². The molecule has 19 heavy (non-hydrogen) atoms. The van der Waals surface area contributed by atoms with Crippen LogP contribution in [0.3, 0.4) is 0 Å². The van der Waals surface area contributed by atoms with Crippen LogP contribution in [0.2, 0.25) is 0 Å². The molecule has 1 saturated carbocycles. The van der Waals surface area contributed by atoms with Gasteiger partial charge in [-0.1, -0.05) is 32.1 Å². The van der Waals surface area contributed by atoms with Crippen molar-refractivity contribution in [3.63, 3.8) is 0 Å². The Morgan fingerprint density at radius 1 is 0.842 bits per heavy atom. The highest BCUT2D eigenvalue weighted by Crippen LogP contribution is 2.21. The van der Waals surface area contributed by atoms with Gasteiger partial charge in [0.1, 0.15) is 0 Å². The average molecular weight is 268 g/mol. The first kappa shape index (κ1) is 16.9. The van der Waals surface area contributed by atoms with Crippen LogP contribution in [0.5, 0.6) is 0 Å². The molecule has 0 unspecified atom stereocenters. The molecule has 0 amide bonds. The molecule has 1 radical (unpaired) electrons. The first-order chi connectivity index (χ1) is 9.43. The van der Waals surface area contributed by atoms with Crippen molar-refractivity contribution in [2.24, 2.45) is 5.92 Å². The summed E-state index contributed by atoms with van der Waals surface area (Å²) in [4.78, 5) is 0.